The van der Waals surface area contributed by atoms with Crippen molar-refractivity contribution in [1.82, 2.24) is 0 Å². The lowest BCUT2D eigenvalue weighted by Gasteiger charge is -2.06. The third kappa shape index (κ3) is 3.34. The summed E-state index contributed by atoms with van der Waals surface area (Å²) in [7, 11) is 0. The molecule has 0 atom stereocenters. The second kappa shape index (κ2) is 6.02. The molecule has 7 heteroatoms. The second-order valence-corrected chi connectivity index (χ2v) is 5.15. The van der Waals surface area contributed by atoms with Crippen molar-refractivity contribution in [3.63, 3.8) is 0 Å². The molecule has 0 heterocycles. The lowest BCUT2D eigenvalue weighted by atomic mass is 10.2. The van der Waals surface area contributed by atoms with Gasteiger partial charge in [0.15, 0.2) is 0 Å². The fourth-order valence-corrected chi connectivity index (χ4v) is 2.00. The summed E-state index contributed by atoms with van der Waals surface area (Å²) in [6.07, 6.45) is 0. The Labute approximate surface area is 127 Å². The van der Waals surface area contributed by atoms with Gasteiger partial charge in [0.05, 0.1) is 9.95 Å². The first-order chi connectivity index (χ1) is 9.47. The van der Waals surface area contributed by atoms with Gasteiger partial charge in [-0.05, 0) is 46.3 Å². The number of nitro benzene ring substituents is 1. The van der Waals surface area contributed by atoms with E-state index in [0.29, 0.717) is 20.7 Å². The number of hydrogen-bond donors (Lipinski definition) is 1. The maximum absolute atomic E-state index is 12.0. The predicted molar refractivity (Wildman–Crippen MR) is 80.2 cm³/mol. The molecule has 0 saturated heterocycles. The van der Waals surface area contributed by atoms with Crippen molar-refractivity contribution < 1.29 is 9.72 Å². The van der Waals surface area contributed by atoms with Gasteiger partial charge < -0.3 is 5.32 Å². The lowest BCUT2D eigenvalue weighted by Crippen LogP contribution is -2.11. The minimum atomic E-state index is -0.498. The van der Waals surface area contributed by atoms with Gasteiger partial charge in [0.25, 0.3) is 11.6 Å². The summed E-state index contributed by atoms with van der Waals surface area (Å²) >= 11 is 9.09. The fourth-order valence-electron chi connectivity index (χ4n) is 1.51. The Balaban J connectivity index is 2.14. The number of rotatable bonds is 3. The molecule has 0 unspecified atom stereocenters. The van der Waals surface area contributed by atoms with E-state index in [1.54, 1.807) is 18.2 Å². The van der Waals surface area contributed by atoms with E-state index in [0.717, 1.165) is 0 Å². The van der Waals surface area contributed by atoms with Crippen molar-refractivity contribution in [2.45, 2.75) is 0 Å². The van der Waals surface area contributed by atoms with Crippen molar-refractivity contribution >= 4 is 44.8 Å². The summed E-state index contributed by atoms with van der Waals surface area (Å²) in [6.45, 7) is 0. The van der Waals surface area contributed by atoms with Gasteiger partial charge in [-0.2, -0.15) is 0 Å². The molecule has 5 nitrogen and oxygen atoms in total. The molecule has 0 bridgehead atoms. The van der Waals surface area contributed by atoms with Gasteiger partial charge in [-0.25, -0.2) is 0 Å². The van der Waals surface area contributed by atoms with Crippen LogP contribution in [-0.4, -0.2) is 10.8 Å². The number of nitrogens with one attached hydrogen (secondary N) is 1. The normalized spacial score (nSPS) is 10.1. The third-order valence-electron chi connectivity index (χ3n) is 2.52. The Morgan fingerprint density at radius 2 is 1.85 bits per heavy atom. The summed E-state index contributed by atoms with van der Waals surface area (Å²) in [5.41, 5.74) is 0.878. The number of halogens is 2. The highest BCUT2D eigenvalue weighted by atomic mass is 79.9. The van der Waals surface area contributed by atoms with Gasteiger partial charge in [-0.1, -0.05) is 11.6 Å². The highest BCUT2D eigenvalue weighted by Crippen LogP contribution is 2.24. The molecule has 1 N–H and O–H groups in total. The SMILES string of the molecule is O=C(Nc1ccc([N+](=O)[O-])cc1)c1ccc(Cl)c(Br)c1. The molecule has 1 amide bonds. The molecule has 2 aromatic rings. The van der Waals surface area contributed by atoms with Crippen LogP contribution in [0.3, 0.4) is 0 Å². The molecule has 0 aliphatic rings. The number of hydrogen-bond acceptors (Lipinski definition) is 3. The molecular formula is C13H8BrClN2O3. The summed E-state index contributed by atoms with van der Waals surface area (Å²) in [6, 6.07) is 10.4. The number of benzene rings is 2. The Bertz CT molecular complexity index is 674. The first-order valence-electron chi connectivity index (χ1n) is 5.48. The predicted octanol–water partition coefficient (Wildman–Crippen LogP) is 4.26. The van der Waals surface area contributed by atoms with Gasteiger partial charge in [-0.3, -0.25) is 14.9 Å². The van der Waals surface area contributed by atoms with E-state index in [9.17, 15) is 14.9 Å². The van der Waals surface area contributed by atoms with Crippen molar-refractivity contribution in [2.75, 3.05) is 5.32 Å². The van der Waals surface area contributed by atoms with Crippen LogP contribution in [0.1, 0.15) is 10.4 Å². The minimum absolute atomic E-state index is 0.0303. The standard InChI is InChI=1S/C13H8BrClN2O3/c14-11-7-8(1-6-12(11)15)13(18)16-9-2-4-10(5-3-9)17(19)20/h1-7H,(H,16,18). The zero-order chi connectivity index (χ0) is 14.7. The van der Waals surface area contributed by atoms with E-state index >= 15 is 0 Å². The summed E-state index contributed by atoms with van der Waals surface area (Å²) in [4.78, 5) is 22.0. The molecule has 0 fully saturated rings. The zero-order valence-corrected chi connectivity index (χ0v) is 12.3. The number of nitro groups is 1. The summed E-state index contributed by atoms with van der Waals surface area (Å²) in [5.74, 6) is -0.323. The highest BCUT2D eigenvalue weighted by molar-refractivity contribution is 9.10. The number of nitrogens with zero attached hydrogens (tertiary/aromatic N) is 1. The van der Waals surface area contributed by atoms with E-state index in [1.165, 1.54) is 24.3 Å². The number of carbonyl (C=O) groups excluding carboxylic acids is 1. The molecular weight excluding hydrogens is 348 g/mol. The quantitative estimate of drug-likeness (QED) is 0.660. The Morgan fingerprint density at radius 3 is 2.40 bits per heavy atom. The topological polar surface area (TPSA) is 72.2 Å². The Kier molecular flexibility index (Phi) is 4.36. The van der Waals surface area contributed by atoms with Crippen molar-refractivity contribution in [3.8, 4) is 0 Å². The molecule has 0 aromatic heterocycles. The number of amides is 1. The largest absolute Gasteiger partial charge is 0.322 e. The van der Waals surface area contributed by atoms with Crippen LogP contribution in [0.5, 0.6) is 0 Å². The van der Waals surface area contributed by atoms with Gasteiger partial charge in [0, 0.05) is 27.9 Å². The van der Waals surface area contributed by atoms with Gasteiger partial charge >= 0.3 is 0 Å². The Morgan fingerprint density at radius 1 is 1.20 bits per heavy atom. The van der Waals surface area contributed by atoms with Crippen LogP contribution >= 0.6 is 27.5 Å². The maximum Gasteiger partial charge on any atom is 0.269 e. The molecule has 0 aliphatic carbocycles. The summed E-state index contributed by atoms with van der Waals surface area (Å²) in [5, 5.41) is 13.7. The van der Waals surface area contributed by atoms with Crippen molar-refractivity contribution in [1.29, 1.82) is 0 Å². The molecule has 0 radical (unpaired) electrons. The molecule has 0 saturated carbocycles. The van der Waals surface area contributed by atoms with Crippen LogP contribution in [-0.2, 0) is 0 Å². The van der Waals surface area contributed by atoms with E-state index < -0.39 is 4.92 Å². The molecule has 2 aromatic carbocycles. The van der Waals surface area contributed by atoms with E-state index in [2.05, 4.69) is 21.2 Å². The van der Waals surface area contributed by atoms with Crippen LogP contribution in [0.15, 0.2) is 46.9 Å². The molecule has 0 spiro atoms. The van der Waals surface area contributed by atoms with Crippen LogP contribution in [0, 0.1) is 10.1 Å². The number of non-ortho nitro benzene ring substituents is 1. The molecule has 2 rings (SSSR count). The first kappa shape index (κ1) is 14.5. The van der Waals surface area contributed by atoms with Crippen molar-refractivity contribution in [3.05, 3.63) is 67.6 Å². The monoisotopic (exact) mass is 354 g/mol. The van der Waals surface area contributed by atoms with Gasteiger partial charge in [0.1, 0.15) is 0 Å². The lowest BCUT2D eigenvalue weighted by molar-refractivity contribution is -0.384. The fraction of sp³-hybridized carbons (Fsp3) is 0. The smallest absolute Gasteiger partial charge is 0.269 e. The molecule has 102 valence electrons. The van der Waals surface area contributed by atoms with E-state index in [-0.39, 0.29) is 11.6 Å². The van der Waals surface area contributed by atoms with Crippen LogP contribution in [0.4, 0.5) is 11.4 Å². The van der Waals surface area contributed by atoms with Gasteiger partial charge in [-0.15, -0.1) is 0 Å². The van der Waals surface area contributed by atoms with Crippen LogP contribution in [0.25, 0.3) is 0 Å². The van der Waals surface area contributed by atoms with Crippen LogP contribution < -0.4 is 5.32 Å². The first-order valence-corrected chi connectivity index (χ1v) is 6.65. The number of anilines is 1. The maximum atomic E-state index is 12.0. The third-order valence-corrected chi connectivity index (χ3v) is 3.73. The van der Waals surface area contributed by atoms with Gasteiger partial charge in [0.2, 0.25) is 0 Å². The van der Waals surface area contributed by atoms with Crippen LogP contribution in [0.2, 0.25) is 5.02 Å². The van der Waals surface area contributed by atoms with E-state index in [4.69, 9.17) is 11.6 Å². The number of carbonyl (C=O) groups is 1. The highest BCUT2D eigenvalue weighted by Gasteiger charge is 2.09. The second-order valence-electron chi connectivity index (χ2n) is 3.89. The minimum Gasteiger partial charge on any atom is -0.322 e. The average Bonchev–Trinajstić information content (AvgIpc) is 2.42. The Hall–Kier alpha value is -1.92. The molecule has 0 aliphatic heterocycles. The molecule has 20 heavy (non-hydrogen) atoms. The summed E-state index contributed by atoms with van der Waals surface area (Å²) < 4.78 is 0.621. The average molecular weight is 356 g/mol. The van der Waals surface area contributed by atoms with Crippen molar-refractivity contribution in [2.24, 2.45) is 0 Å². The van der Waals surface area contributed by atoms with E-state index in [1.807, 2.05) is 0 Å². The zero-order valence-electron chi connectivity index (χ0n) is 9.97.